The lowest BCUT2D eigenvalue weighted by Crippen LogP contribution is -1.98. The van der Waals surface area contributed by atoms with E-state index < -0.39 is 0 Å². The summed E-state index contributed by atoms with van der Waals surface area (Å²) in [5.74, 6) is 1.04. The van der Waals surface area contributed by atoms with E-state index in [-0.39, 0.29) is 0 Å². The van der Waals surface area contributed by atoms with Crippen molar-refractivity contribution < 1.29 is 4.79 Å². The first-order valence-electron chi connectivity index (χ1n) is 5.35. The maximum atomic E-state index is 10.6. The Hall–Kier alpha value is -1.90. The predicted molar refractivity (Wildman–Crippen MR) is 63.1 cm³/mol. The first-order chi connectivity index (χ1) is 7.74. The number of carbonyl (C=O) groups is 1. The number of benzene rings is 1. The lowest BCUT2D eigenvalue weighted by atomic mass is 10.2. The molecule has 0 fully saturated rings. The van der Waals surface area contributed by atoms with Gasteiger partial charge in [0.2, 0.25) is 0 Å². The van der Waals surface area contributed by atoms with Gasteiger partial charge < -0.3 is 4.57 Å². The molecular formula is C13H14N2O. The maximum Gasteiger partial charge on any atom is 0.150 e. The van der Waals surface area contributed by atoms with Crippen molar-refractivity contribution in [3.63, 3.8) is 0 Å². The minimum atomic E-state index is 0.693. The minimum Gasteiger partial charge on any atom is -0.303 e. The molecule has 1 aromatic carbocycles. The van der Waals surface area contributed by atoms with Crippen molar-refractivity contribution in [1.29, 1.82) is 0 Å². The summed E-state index contributed by atoms with van der Waals surface area (Å²) >= 11 is 0. The molecule has 0 saturated carbocycles. The lowest BCUT2D eigenvalue weighted by molar-refractivity contribution is 0.112. The highest BCUT2D eigenvalue weighted by Crippen LogP contribution is 2.13. The topological polar surface area (TPSA) is 34.9 Å². The second-order valence-electron chi connectivity index (χ2n) is 3.73. The van der Waals surface area contributed by atoms with Crippen LogP contribution in [0.25, 0.3) is 5.69 Å². The zero-order valence-electron chi connectivity index (χ0n) is 9.47. The van der Waals surface area contributed by atoms with Crippen LogP contribution in [0.3, 0.4) is 0 Å². The SMILES string of the molecule is CCc1nc(C)cn1-c1ccc(C=O)cc1. The summed E-state index contributed by atoms with van der Waals surface area (Å²) < 4.78 is 2.06. The molecule has 16 heavy (non-hydrogen) atoms. The molecule has 0 aliphatic heterocycles. The van der Waals surface area contributed by atoms with E-state index in [0.717, 1.165) is 29.9 Å². The summed E-state index contributed by atoms with van der Waals surface area (Å²) in [4.78, 5) is 15.0. The van der Waals surface area contributed by atoms with Gasteiger partial charge in [0, 0.05) is 23.9 Å². The molecule has 0 aliphatic carbocycles. The molecule has 0 N–H and O–H groups in total. The third-order valence-corrected chi connectivity index (χ3v) is 2.52. The highest BCUT2D eigenvalue weighted by Gasteiger charge is 2.05. The number of aryl methyl sites for hydroxylation is 2. The van der Waals surface area contributed by atoms with Crippen LogP contribution < -0.4 is 0 Å². The minimum absolute atomic E-state index is 0.693. The fourth-order valence-corrected chi connectivity index (χ4v) is 1.73. The summed E-state index contributed by atoms with van der Waals surface area (Å²) in [6.07, 6.45) is 3.75. The van der Waals surface area contributed by atoms with E-state index in [1.807, 2.05) is 37.4 Å². The predicted octanol–water partition coefficient (Wildman–Crippen LogP) is 2.56. The molecule has 0 saturated heterocycles. The van der Waals surface area contributed by atoms with Crippen LogP contribution in [0, 0.1) is 6.92 Å². The molecular weight excluding hydrogens is 200 g/mol. The van der Waals surface area contributed by atoms with E-state index in [1.165, 1.54) is 0 Å². The summed E-state index contributed by atoms with van der Waals surface area (Å²) in [6.45, 7) is 4.06. The van der Waals surface area contributed by atoms with Gasteiger partial charge in [-0.25, -0.2) is 4.98 Å². The van der Waals surface area contributed by atoms with E-state index >= 15 is 0 Å². The zero-order valence-corrected chi connectivity index (χ0v) is 9.47. The van der Waals surface area contributed by atoms with Crippen molar-refractivity contribution in [2.75, 3.05) is 0 Å². The second kappa shape index (κ2) is 4.31. The highest BCUT2D eigenvalue weighted by molar-refractivity contribution is 5.75. The number of nitrogens with zero attached hydrogens (tertiary/aromatic N) is 2. The van der Waals surface area contributed by atoms with Crippen LogP contribution in [0.2, 0.25) is 0 Å². The Labute approximate surface area is 94.7 Å². The molecule has 0 aliphatic rings. The van der Waals surface area contributed by atoms with Gasteiger partial charge in [0.15, 0.2) is 0 Å². The van der Waals surface area contributed by atoms with Gasteiger partial charge in [-0.1, -0.05) is 6.92 Å². The van der Waals surface area contributed by atoms with Gasteiger partial charge in [-0.05, 0) is 31.2 Å². The molecule has 1 aromatic heterocycles. The third kappa shape index (κ3) is 1.89. The summed E-state index contributed by atoms with van der Waals surface area (Å²) in [5, 5.41) is 0. The van der Waals surface area contributed by atoms with Crippen LogP contribution in [-0.2, 0) is 6.42 Å². The molecule has 0 spiro atoms. The molecule has 0 bridgehead atoms. The molecule has 3 nitrogen and oxygen atoms in total. The van der Waals surface area contributed by atoms with E-state index in [4.69, 9.17) is 0 Å². The van der Waals surface area contributed by atoms with Crippen molar-refractivity contribution in [1.82, 2.24) is 9.55 Å². The van der Waals surface area contributed by atoms with Crippen LogP contribution in [0.1, 0.15) is 28.8 Å². The molecule has 0 atom stereocenters. The number of hydrogen-bond donors (Lipinski definition) is 0. The molecule has 0 amide bonds. The quantitative estimate of drug-likeness (QED) is 0.736. The van der Waals surface area contributed by atoms with Gasteiger partial charge in [0.25, 0.3) is 0 Å². The number of rotatable bonds is 3. The Bertz CT molecular complexity index is 497. The van der Waals surface area contributed by atoms with Crippen LogP contribution in [-0.4, -0.2) is 15.8 Å². The van der Waals surface area contributed by atoms with Crippen molar-refractivity contribution in [3.05, 3.63) is 47.5 Å². The molecule has 0 unspecified atom stereocenters. The number of imidazole rings is 1. The highest BCUT2D eigenvalue weighted by atomic mass is 16.1. The molecule has 3 heteroatoms. The number of aldehydes is 1. The first kappa shape index (κ1) is 10.6. The average molecular weight is 214 g/mol. The largest absolute Gasteiger partial charge is 0.303 e. The van der Waals surface area contributed by atoms with Gasteiger partial charge in [-0.2, -0.15) is 0 Å². The normalized spacial score (nSPS) is 10.4. The van der Waals surface area contributed by atoms with Gasteiger partial charge in [0.05, 0.1) is 5.69 Å². The van der Waals surface area contributed by atoms with Crippen molar-refractivity contribution in [2.24, 2.45) is 0 Å². The molecule has 2 rings (SSSR count). The Morgan fingerprint density at radius 3 is 2.56 bits per heavy atom. The van der Waals surface area contributed by atoms with Crippen molar-refractivity contribution in [2.45, 2.75) is 20.3 Å². The Kier molecular flexibility index (Phi) is 2.86. The number of hydrogen-bond acceptors (Lipinski definition) is 2. The smallest absolute Gasteiger partial charge is 0.150 e. The van der Waals surface area contributed by atoms with Crippen LogP contribution in [0.5, 0.6) is 0 Å². The molecule has 0 radical (unpaired) electrons. The van der Waals surface area contributed by atoms with Gasteiger partial charge in [-0.3, -0.25) is 4.79 Å². The molecule has 82 valence electrons. The van der Waals surface area contributed by atoms with Crippen molar-refractivity contribution >= 4 is 6.29 Å². The van der Waals surface area contributed by atoms with Crippen LogP contribution in [0.4, 0.5) is 0 Å². The summed E-state index contributed by atoms with van der Waals surface area (Å²) in [6, 6.07) is 7.50. The maximum absolute atomic E-state index is 10.6. The van der Waals surface area contributed by atoms with E-state index in [0.29, 0.717) is 5.56 Å². The monoisotopic (exact) mass is 214 g/mol. The first-order valence-corrected chi connectivity index (χ1v) is 5.35. The van der Waals surface area contributed by atoms with E-state index in [9.17, 15) is 4.79 Å². The Morgan fingerprint density at radius 2 is 2.00 bits per heavy atom. The lowest BCUT2D eigenvalue weighted by Gasteiger charge is -2.05. The standard InChI is InChI=1S/C13H14N2O/c1-3-13-14-10(2)8-15(13)12-6-4-11(9-16)5-7-12/h4-9H,3H2,1-2H3. The van der Waals surface area contributed by atoms with Crippen molar-refractivity contribution in [3.8, 4) is 5.69 Å². The zero-order chi connectivity index (χ0) is 11.5. The van der Waals surface area contributed by atoms with Crippen LogP contribution in [0.15, 0.2) is 30.5 Å². The number of aromatic nitrogens is 2. The van der Waals surface area contributed by atoms with Gasteiger partial charge >= 0.3 is 0 Å². The number of carbonyl (C=O) groups excluding carboxylic acids is 1. The summed E-state index contributed by atoms with van der Waals surface area (Å²) in [7, 11) is 0. The Morgan fingerprint density at radius 1 is 1.31 bits per heavy atom. The second-order valence-corrected chi connectivity index (χ2v) is 3.73. The molecule has 1 heterocycles. The van der Waals surface area contributed by atoms with E-state index in [2.05, 4.69) is 16.5 Å². The molecule has 2 aromatic rings. The van der Waals surface area contributed by atoms with Crippen LogP contribution >= 0.6 is 0 Å². The van der Waals surface area contributed by atoms with Gasteiger partial charge in [-0.15, -0.1) is 0 Å². The van der Waals surface area contributed by atoms with Gasteiger partial charge in [0.1, 0.15) is 12.1 Å². The van der Waals surface area contributed by atoms with E-state index in [1.54, 1.807) is 0 Å². The fraction of sp³-hybridized carbons (Fsp3) is 0.231. The summed E-state index contributed by atoms with van der Waals surface area (Å²) in [5.41, 5.74) is 2.75. The Balaban J connectivity index is 2.45. The average Bonchev–Trinajstić information content (AvgIpc) is 2.70. The fourth-order valence-electron chi connectivity index (χ4n) is 1.73. The third-order valence-electron chi connectivity index (χ3n) is 2.52.